The van der Waals surface area contributed by atoms with E-state index in [2.05, 4.69) is 5.32 Å². The van der Waals surface area contributed by atoms with Gasteiger partial charge in [-0.25, -0.2) is 4.39 Å². The first-order valence-corrected chi connectivity index (χ1v) is 6.37. The van der Waals surface area contributed by atoms with Gasteiger partial charge in [-0.3, -0.25) is 10.1 Å². The Morgan fingerprint density at radius 3 is 2.71 bits per heavy atom. The number of nitrogens with one attached hydrogen (secondary N) is 1. The normalized spacial score (nSPS) is 12.5. The maximum atomic E-state index is 13.4. The molecule has 0 bridgehead atoms. The first-order chi connectivity index (χ1) is 7.99. The van der Waals surface area contributed by atoms with Crippen LogP contribution in [-0.4, -0.2) is 18.0 Å². The van der Waals surface area contributed by atoms with Crippen molar-refractivity contribution in [3.05, 3.63) is 37.2 Å². The predicted octanol–water partition coefficient (Wildman–Crippen LogP) is 2.88. The highest BCUT2D eigenvalue weighted by Crippen LogP contribution is 2.25. The monoisotopic (exact) mass is 352 g/mol. The zero-order chi connectivity index (χ0) is 13.0. The highest BCUT2D eigenvalue weighted by molar-refractivity contribution is 14.1. The maximum Gasteiger partial charge on any atom is 0.273 e. The fraction of sp³-hybridized carbons (Fsp3) is 0.455. The second-order valence-corrected chi connectivity index (χ2v) is 4.91. The van der Waals surface area contributed by atoms with Crippen LogP contribution >= 0.6 is 22.6 Å². The summed E-state index contributed by atoms with van der Waals surface area (Å²) >= 11 is 1.76. The van der Waals surface area contributed by atoms with Gasteiger partial charge in [0, 0.05) is 17.7 Å². The minimum atomic E-state index is -0.459. The van der Waals surface area contributed by atoms with Crippen molar-refractivity contribution in [2.45, 2.75) is 25.8 Å². The van der Waals surface area contributed by atoms with Gasteiger partial charge in [0.15, 0.2) is 0 Å². The fourth-order valence-corrected chi connectivity index (χ4v) is 2.08. The van der Waals surface area contributed by atoms with Crippen LogP contribution in [0.2, 0.25) is 0 Å². The lowest BCUT2D eigenvalue weighted by molar-refractivity contribution is -0.385. The number of benzene rings is 1. The molecule has 0 aliphatic heterocycles. The first-order valence-electron chi connectivity index (χ1n) is 5.29. The van der Waals surface area contributed by atoms with Crippen LogP contribution in [0, 0.1) is 19.5 Å². The molecule has 0 radical (unpaired) electrons. The Morgan fingerprint density at radius 1 is 1.59 bits per heavy atom. The fourth-order valence-electron chi connectivity index (χ4n) is 1.63. The van der Waals surface area contributed by atoms with E-state index >= 15 is 0 Å². The number of likely N-dealkylation sites (N-methyl/N-ethyl adjacent to an activating group) is 1. The van der Waals surface area contributed by atoms with E-state index in [0.29, 0.717) is 12.0 Å². The highest BCUT2D eigenvalue weighted by atomic mass is 127. The summed E-state index contributed by atoms with van der Waals surface area (Å²) in [7, 11) is 1.79. The zero-order valence-corrected chi connectivity index (χ0v) is 11.8. The van der Waals surface area contributed by atoms with Gasteiger partial charge in [0.05, 0.1) is 8.49 Å². The summed E-state index contributed by atoms with van der Waals surface area (Å²) in [5.41, 5.74) is 0.429. The number of hydrogen-bond acceptors (Lipinski definition) is 3. The molecule has 0 heterocycles. The van der Waals surface area contributed by atoms with Gasteiger partial charge in [-0.15, -0.1) is 0 Å². The molecular formula is C11H14FIN2O2. The van der Waals surface area contributed by atoms with Crippen molar-refractivity contribution in [2.24, 2.45) is 0 Å². The molecule has 6 heteroatoms. The third-order valence-electron chi connectivity index (χ3n) is 2.69. The van der Waals surface area contributed by atoms with Crippen molar-refractivity contribution in [1.82, 2.24) is 5.32 Å². The molecule has 0 aromatic heterocycles. The quantitative estimate of drug-likeness (QED) is 0.504. The number of hydrogen-bond donors (Lipinski definition) is 1. The van der Waals surface area contributed by atoms with Gasteiger partial charge in [0.2, 0.25) is 0 Å². The maximum absolute atomic E-state index is 13.4. The Bertz CT molecular complexity index is 422. The summed E-state index contributed by atoms with van der Waals surface area (Å²) < 4.78 is 13.7. The van der Waals surface area contributed by atoms with E-state index in [0.717, 1.165) is 6.42 Å². The average molecular weight is 352 g/mol. The molecule has 1 unspecified atom stereocenters. The standard InChI is InChI=1S/C11H14FIN2O2/c1-3-8(14-2)4-7-5-9(12)10(13)6-11(7)15(16)17/h5-6,8,14H,3-4H2,1-2H3. The van der Waals surface area contributed by atoms with Gasteiger partial charge in [0.25, 0.3) is 5.69 Å². The van der Waals surface area contributed by atoms with E-state index in [1.165, 1.54) is 12.1 Å². The SMILES string of the molecule is CCC(Cc1cc(F)c(I)cc1[N+](=O)[O-])NC. The van der Waals surface area contributed by atoms with Crippen LogP contribution in [0.5, 0.6) is 0 Å². The molecule has 1 rings (SSSR count). The first kappa shape index (κ1) is 14.3. The largest absolute Gasteiger partial charge is 0.317 e. The average Bonchev–Trinajstić information content (AvgIpc) is 2.29. The molecule has 0 saturated heterocycles. The lowest BCUT2D eigenvalue weighted by atomic mass is 10.0. The van der Waals surface area contributed by atoms with Crippen molar-refractivity contribution in [3.63, 3.8) is 0 Å². The van der Waals surface area contributed by atoms with Gasteiger partial charge in [-0.05, 0) is 48.5 Å². The molecule has 94 valence electrons. The Hall–Kier alpha value is -0.760. The minimum Gasteiger partial charge on any atom is -0.317 e. The number of rotatable bonds is 5. The molecule has 0 aliphatic rings. The van der Waals surface area contributed by atoms with E-state index in [4.69, 9.17) is 0 Å². The van der Waals surface area contributed by atoms with E-state index in [-0.39, 0.29) is 15.3 Å². The topological polar surface area (TPSA) is 55.2 Å². The van der Waals surface area contributed by atoms with Crippen molar-refractivity contribution in [1.29, 1.82) is 0 Å². The summed E-state index contributed by atoms with van der Waals surface area (Å²) in [5.74, 6) is -0.405. The van der Waals surface area contributed by atoms with E-state index in [1.807, 2.05) is 6.92 Å². The highest BCUT2D eigenvalue weighted by Gasteiger charge is 2.19. The summed E-state index contributed by atoms with van der Waals surface area (Å²) in [4.78, 5) is 10.4. The van der Waals surface area contributed by atoms with Crippen molar-refractivity contribution in [2.75, 3.05) is 7.05 Å². The predicted molar refractivity (Wildman–Crippen MR) is 72.6 cm³/mol. The van der Waals surface area contributed by atoms with Crippen LogP contribution in [0.4, 0.5) is 10.1 Å². The van der Waals surface area contributed by atoms with Gasteiger partial charge in [-0.1, -0.05) is 6.92 Å². The Kier molecular flexibility index (Phi) is 5.26. The van der Waals surface area contributed by atoms with Gasteiger partial charge >= 0.3 is 0 Å². The molecule has 0 saturated carbocycles. The van der Waals surface area contributed by atoms with Crippen LogP contribution in [0.15, 0.2) is 12.1 Å². The summed E-state index contributed by atoms with van der Waals surface area (Å²) in [6, 6.07) is 2.67. The molecule has 0 fully saturated rings. The van der Waals surface area contributed by atoms with Crippen molar-refractivity contribution < 1.29 is 9.31 Å². The van der Waals surface area contributed by atoms with Crippen LogP contribution in [-0.2, 0) is 6.42 Å². The van der Waals surface area contributed by atoms with Crippen LogP contribution in [0.1, 0.15) is 18.9 Å². The summed E-state index contributed by atoms with van der Waals surface area (Å²) in [6.45, 7) is 1.98. The lowest BCUT2D eigenvalue weighted by Gasteiger charge is -2.14. The van der Waals surface area contributed by atoms with Gasteiger partial charge < -0.3 is 5.32 Å². The minimum absolute atomic E-state index is 0.00972. The second kappa shape index (κ2) is 6.25. The van der Waals surface area contributed by atoms with E-state index in [1.54, 1.807) is 29.6 Å². The van der Waals surface area contributed by atoms with E-state index in [9.17, 15) is 14.5 Å². The molecule has 1 atom stereocenters. The van der Waals surface area contributed by atoms with Crippen LogP contribution < -0.4 is 5.32 Å². The van der Waals surface area contributed by atoms with Crippen LogP contribution in [0.3, 0.4) is 0 Å². The van der Waals surface area contributed by atoms with E-state index < -0.39 is 10.7 Å². The zero-order valence-electron chi connectivity index (χ0n) is 9.67. The molecular weight excluding hydrogens is 338 g/mol. The molecule has 0 amide bonds. The summed E-state index contributed by atoms with van der Waals surface area (Å²) in [5, 5.41) is 14.0. The molecule has 4 nitrogen and oxygen atoms in total. The summed E-state index contributed by atoms with van der Waals surface area (Å²) in [6.07, 6.45) is 1.29. The lowest BCUT2D eigenvalue weighted by Crippen LogP contribution is -2.26. The number of nitrogens with zero attached hydrogens (tertiary/aromatic N) is 1. The third-order valence-corrected chi connectivity index (χ3v) is 3.51. The molecule has 1 aromatic carbocycles. The van der Waals surface area contributed by atoms with Gasteiger partial charge in [-0.2, -0.15) is 0 Å². The number of halogens is 2. The third kappa shape index (κ3) is 3.60. The second-order valence-electron chi connectivity index (χ2n) is 3.75. The van der Waals surface area contributed by atoms with Crippen molar-refractivity contribution in [3.8, 4) is 0 Å². The molecule has 17 heavy (non-hydrogen) atoms. The Balaban J connectivity index is 3.12. The molecule has 0 spiro atoms. The van der Waals surface area contributed by atoms with Gasteiger partial charge in [0.1, 0.15) is 5.82 Å². The smallest absolute Gasteiger partial charge is 0.273 e. The van der Waals surface area contributed by atoms with Crippen LogP contribution in [0.25, 0.3) is 0 Å². The number of nitro groups is 1. The number of nitro benzene ring substituents is 1. The Labute approximate surface area is 113 Å². The Morgan fingerprint density at radius 2 is 2.24 bits per heavy atom. The molecule has 1 aromatic rings. The van der Waals surface area contributed by atoms with Crippen molar-refractivity contribution >= 4 is 28.3 Å². The molecule has 0 aliphatic carbocycles. The molecule has 1 N–H and O–H groups in total.